The zero-order valence-electron chi connectivity index (χ0n) is 17.4. The summed E-state index contributed by atoms with van der Waals surface area (Å²) in [6.45, 7) is 0. The maximum atomic E-state index is 13.1. The molecule has 1 atom stereocenters. The van der Waals surface area contributed by atoms with Gasteiger partial charge in [-0.25, -0.2) is 13.4 Å². The third-order valence-electron chi connectivity index (χ3n) is 4.69. The first-order chi connectivity index (χ1) is 14.6. The molecule has 1 unspecified atom stereocenters. The number of carbonyl (C=O) groups is 1. The van der Waals surface area contributed by atoms with Crippen molar-refractivity contribution < 1.29 is 22.7 Å². The molecule has 10 heteroatoms. The summed E-state index contributed by atoms with van der Waals surface area (Å²) in [5.74, 6) is 1.18. The fourth-order valence-corrected chi connectivity index (χ4v) is 4.39. The number of rotatable bonds is 7. The molecule has 0 saturated carbocycles. The van der Waals surface area contributed by atoms with E-state index in [0.717, 1.165) is 6.26 Å². The molecule has 1 aromatic heterocycles. The van der Waals surface area contributed by atoms with Crippen molar-refractivity contribution in [3.8, 4) is 11.5 Å². The van der Waals surface area contributed by atoms with Crippen molar-refractivity contribution in [1.29, 1.82) is 0 Å². The number of nitrogens with zero attached hydrogens (tertiary/aromatic N) is 2. The first-order valence-electron chi connectivity index (χ1n) is 9.14. The summed E-state index contributed by atoms with van der Waals surface area (Å²) in [5, 5.41) is 2.98. The van der Waals surface area contributed by atoms with Gasteiger partial charge >= 0.3 is 0 Å². The number of hydrogen-bond acceptors (Lipinski definition) is 6. The molecular weight excluding hydrogens is 442 g/mol. The van der Waals surface area contributed by atoms with Gasteiger partial charge in [-0.05, 0) is 35.9 Å². The number of benzene rings is 2. The highest BCUT2D eigenvalue weighted by Gasteiger charge is 2.24. The summed E-state index contributed by atoms with van der Waals surface area (Å²) < 4.78 is 36.5. The number of ether oxygens (including phenoxy) is 2. The van der Waals surface area contributed by atoms with Gasteiger partial charge < -0.3 is 19.4 Å². The minimum atomic E-state index is -3.60. The van der Waals surface area contributed by atoms with Gasteiger partial charge in [-0.15, -0.1) is 0 Å². The van der Waals surface area contributed by atoms with Crippen LogP contribution in [0.25, 0.3) is 0 Å². The zero-order valence-corrected chi connectivity index (χ0v) is 19.0. The Labute approximate surface area is 185 Å². The average molecular weight is 464 g/mol. The molecule has 0 fully saturated rings. The predicted molar refractivity (Wildman–Crippen MR) is 117 cm³/mol. The van der Waals surface area contributed by atoms with Gasteiger partial charge in [0.1, 0.15) is 23.4 Å². The molecule has 1 N–H and O–H groups in total. The number of imidazole rings is 1. The van der Waals surface area contributed by atoms with Crippen LogP contribution in [0.3, 0.4) is 0 Å². The third-order valence-corrected chi connectivity index (χ3v) is 6.27. The molecule has 2 aromatic carbocycles. The van der Waals surface area contributed by atoms with E-state index >= 15 is 0 Å². The van der Waals surface area contributed by atoms with Gasteiger partial charge in [-0.3, -0.25) is 4.79 Å². The Morgan fingerprint density at radius 1 is 1.13 bits per heavy atom. The van der Waals surface area contributed by atoms with Gasteiger partial charge in [0.2, 0.25) is 0 Å². The van der Waals surface area contributed by atoms with E-state index in [4.69, 9.17) is 21.1 Å². The second kappa shape index (κ2) is 8.99. The highest BCUT2D eigenvalue weighted by Crippen LogP contribution is 2.30. The molecule has 0 aliphatic rings. The molecular formula is C21H22ClN3O5S. The highest BCUT2D eigenvalue weighted by atomic mass is 35.5. The van der Waals surface area contributed by atoms with Gasteiger partial charge in [-0.2, -0.15) is 0 Å². The molecule has 1 heterocycles. The molecule has 0 aliphatic carbocycles. The van der Waals surface area contributed by atoms with E-state index in [9.17, 15) is 13.2 Å². The zero-order chi connectivity index (χ0) is 22.8. The number of halogens is 1. The Balaban J connectivity index is 2.05. The molecule has 8 nitrogen and oxygen atoms in total. The minimum absolute atomic E-state index is 0.0530. The summed E-state index contributed by atoms with van der Waals surface area (Å²) in [6.07, 6.45) is 4.42. The molecule has 0 bridgehead atoms. The molecule has 164 valence electrons. The van der Waals surface area contributed by atoms with Gasteiger partial charge in [0, 0.05) is 37.3 Å². The van der Waals surface area contributed by atoms with E-state index in [1.54, 1.807) is 35.2 Å². The van der Waals surface area contributed by atoms with Crippen LogP contribution in [0.15, 0.2) is 53.7 Å². The lowest BCUT2D eigenvalue weighted by Gasteiger charge is -2.21. The lowest BCUT2D eigenvalue weighted by molar-refractivity contribution is 0.0941. The van der Waals surface area contributed by atoms with Gasteiger partial charge in [0.05, 0.1) is 24.1 Å². The fourth-order valence-electron chi connectivity index (χ4n) is 3.09. The van der Waals surface area contributed by atoms with Gasteiger partial charge in [0.25, 0.3) is 5.91 Å². The fraction of sp³-hybridized carbons (Fsp3) is 0.238. The summed E-state index contributed by atoms with van der Waals surface area (Å²) in [6, 6.07) is 8.71. The predicted octanol–water partition coefficient (Wildman–Crippen LogP) is 3.01. The van der Waals surface area contributed by atoms with Crippen LogP contribution in [-0.4, -0.2) is 44.4 Å². The smallest absolute Gasteiger partial charge is 0.252 e. The summed E-state index contributed by atoms with van der Waals surface area (Å²) >= 11 is 6.00. The van der Waals surface area contributed by atoms with Crippen LogP contribution < -0.4 is 14.8 Å². The second-order valence-electron chi connectivity index (χ2n) is 6.87. The van der Waals surface area contributed by atoms with E-state index in [-0.39, 0.29) is 15.5 Å². The molecule has 3 rings (SSSR count). The average Bonchev–Trinajstić information content (AvgIpc) is 3.16. The van der Waals surface area contributed by atoms with Crippen LogP contribution in [-0.2, 0) is 16.9 Å². The number of nitrogens with one attached hydrogen (secondary N) is 1. The van der Waals surface area contributed by atoms with Crippen molar-refractivity contribution in [2.24, 2.45) is 7.05 Å². The van der Waals surface area contributed by atoms with Crippen molar-refractivity contribution in [3.05, 3.63) is 70.8 Å². The third kappa shape index (κ3) is 5.00. The Bertz CT molecular complexity index is 1200. The Morgan fingerprint density at radius 2 is 1.77 bits per heavy atom. The summed E-state index contributed by atoms with van der Waals surface area (Å²) in [5.41, 5.74) is 0.829. The van der Waals surface area contributed by atoms with Crippen molar-refractivity contribution in [1.82, 2.24) is 14.9 Å². The Hall–Kier alpha value is -3.04. The van der Waals surface area contributed by atoms with Gasteiger partial charge in [-0.1, -0.05) is 11.6 Å². The van der Waals surface area contributed by atoms with Gasteiger partial charge in [0.15, 0.2) is 9.84 Å². The van der Waals surface area contributed by atoms with Crippen molar-refractivity contribution >= 4 is 27.3 Å². The first kappa shape index (κ1) is 22.6. The van der Waals surface area contributed by atoms with Crippen LogP contribution in [0.5, 0.6) is 11.5 Å². The Morgan fingerprint density at radius 3 is 2.29 bits per heavy atom. The monoisotopic (exact) mass is 463 g/mol. The van der Waals surface area contributed by atoms with Crippen LogP contribution >= 0.6 is 11.6 Å². The quantitative estimate of drug-likeness (QED) is 0.578. The SMILES string of the molecule is COc1cc(OC)cc(C(NC(=O)c2ccc(Cl)c(S(C)(=O)=O)c2)c2nccn2C)c1. The topological polar surface area (TPSA) is 99.5 Å². The molecule has 0 spiro atoms. The Kier molecular flexibility index (Phi) is 6.56. The molecule has 31 heavy (non-hydrogen) atoms. The summed E-state index contributed by atoms with van der Waals surface area (Å²) in [4.78, 5) is 17.3. The number of carbonyl (C=O) groups excluding carboxylic acids is 1. The number of sulfone groups is 1. The van der Waals surface area contributed by atoms with E-state index in [0.29, 0.717) is 22.9 Å². The van der Waals surface area contributed by atoms with Crippen LogP contribution in [0, 0.1) is 0 Å². The molecule has 0 radical (unpaired) electrons. The molecule has 0 saturated heterocycles. The standard InChI is InChI=1S/C21H22ClN3O5S/c1-25-8-7-23-20(25)19(14-9-15(29-2)12-16(10-14)30-3)24-21(26)13-5-6-17(22)18(11-13)31(4,27)28/h5-12,19H,1-4H3,(H,24,26). The molecule has 3 aromatic rings. The van der Waals surface area contributed by atoms with E-state index < -0.39 is 21.8 Å². The van der Waals surface area contributed by atoms with E-state index in [2.05, 4.69) is 10.3 Å². The van der Waals surface area contributed by atoms with Crippen molar-refractivity contribution in [2.75, 3.05) is 20.5 Å². The lowest BCUT2D eigenvalue weighted by atomic mass is 10.0. The van der Waals surface area contributed by atoms with Crippen molar-refractivity contribution in [3.63, 3.8) is 0 Å². The summed E-state index contributed by atoms with van der Waals surface area (Å²) in [7, 11) is 1.28. The second-order valence-corrected chi connectivity index (χ2v) is 9.26. The van der Waals surface area contributed by atoms with Crippen LogP contribution in [0.2, 0.25) is 5.02 Å². The van der Waals surface area contributed by atoms with E-state index in [1.807, 2.05) is 7.05 Å². The van der Waals surface area contributed by atoms with E-state index in [1.165, 1.54) is 32.4 Å². The number of aryl methyl sites for hydroxylation is 1. The lowest BCUT2D eigenvalue weighted by Crippen LogP contribution is -2.31. The number of hydrogen-bond donors (Lipinski definition) is 1. The molecule has 1 amide bonds. The number of amides is 1. The minimum Gasteiger partial charge on any atom is -0.497 e. The maximum absolute atomic E-state index is 13.1. The maximum Gasteiger partial charge on any atom is 0.252 e. The highest BCUT2D eigenvalue weighted by molar-refractivity contribution is 7.90. The number of methoxy groups -OCH3 is 2. The first-order valence-corrected chi connectivity index (χ1v) is 11.4. The van der Waals surface area contributed by atoms with Crippen LogP contribution in [0.4, 0.5) is 0 Å². The normalized spacial score (nSPS) is 12.3. The van der Waals surface area contributed by atoms with Crippen LogP contribution in [0.1, 0.15) is 27.8 Å². The molecule has 0 aliphatic heterocycles. The number of aromatic nitrogens is 2. The largest absolute Gasteiger partial charge is 0.497 e. The van der Waals surface area contributed by atoms with Crippen molar-refractivity contribution in [2.45, 2.75) is 10.9 Å².